The molecule has 1 N–H and O–H groups in total. The first kappa shape index (κ1) is 15.9. The highest BCUT2D eigenvalue weighted by Gasteiger charge is 2.17. The third-order valence-electron chi connectivity index (χ3n) is 3.48. The van der Waals surface area contributed by atoms with Gasteiger partial charge in [-0.15, -0.1) is 0 Å². The zero-order chi connectivity index (χ0) is 15.2. The smallest absolute Gasteiger partial charge is 0.340 e. The second-order valence-corrected chi connectivity index (χ2v) is 5.19. The van der Waals surface area contributed by atoms with Crippen LogP contribution in [-0.2, 0) is 16.0 Å². The third kappa shape index (κ3) is 4.49. The molecule has 0 aromatic heterocycles. The fourth-order valence-corrected chi connectivity index (χ4v) is 2.31. The van der Waals surface area contributed by atoms with E-state index >= 15 is 0 Å². The number of hydrogen-bond donors (Lipinski definition) is 1. The number of methoxy groups -OCH3 is 1. The summed E-state index contributed by atoms with van der Waals surface area (Å²) in [5.41, 5.74) is 0.739. The normalized spacial score (nSPS) is 19.5. The first-order chi connectivity index (χ1) is 10.1. The molecule has 2 rings (SSSR count). The maximum Gasteiger partial charge on any atom is 0.340 e. The van der Waals surface area contributed by atoms with Crippen LogP contribution in [0.25, 0.3) is 0 Å². The molecular formula is C15H21FN2O3. The van der Waals surface area contributed by atoms with Crippen LogP contribution in [0.4, 0.5) is 4.39 Å². The zero-order valence-electron chi connectivity index (χ0n) is 12.4. The first-order valence-corrected chi connectivity index (χ1v) is 6.97. The minimum atomic E-state index is -0.661. The Hall–Kier alpha value is -1.50. The minimum absolute atomic E-state index is 0.0431. The topological polar surface area (TPSA) is 50.8 Å². The van der Waals surface area contributed by atoms with Gasteiger partial charge in [0.05, 0.1) is 25.4 Å². The number of carbonyl (C=O) groups excluding carboxylic acids is 1. The van der Waals surface area contributed by atoms with Crippen molar-refractivity contribution < 1.29 is 18.7 Å². The van der Waals surface area contributed by atoms with E-state index in [0.717, 1.165) is 25.3 Å². The highest BCUT2D eigenvalue weighted by molar-refractivity contribution is 5.89. The molecule has 6 heteroatoms. The predicted molar refractivity (Wildman–Crippen MR) is 76.7 cm³/mol. The van der Waals surface area contributed by atoms with Crippen LogP contribution in [0.3, 0.4) is 0 Å². The highest BCUT2D eigenvalue weighted by atomic mass is 19.1. The number of morpholine rings is 1. The second kappa shape index (κ2) is 7.49. The molecule has 1 fully saturated rings. The largest absolute Gasteiger partial charge is 0.465 e. The van der Waals surface area contributed by atoms with Crippen molar-refractivity contribution in [2.75, 3.05) is 40.4 Å². The molecule has 0 bridgehead atoms. The molecule has 0 amide bonds. The molecular weight excluding hydrogens is 275 g/mol. The Labute approximate surface area is 124 Å². The fourth-order valence-electron chi connectivity index (χ4n) is 2.31. The lowest BCUT2D eigenvalue weighted by Gasteiger charge is -2.30. The van der Waals surface area contributed by atoms with Crippen molar-refractivity contribution in [3.8, 4) is 0 Å². The Morgan fingerprint density at radius 2 is 2.38 bits per heavy atom. The molecule has 0 aliphatic carbocycles. The molecule has 1 aromatic rings. The average Bonchev–Trinajstić information content (AvgIpc) is 2.47. The summed E-state index contributed by atoms with van der Waals surface area (Å²) in [7, 11) is 3.30. The maximum absolute atomic E-state index is 13.8. The van der Waals surface area contributed by atoms with Gasteiger partial charge in [0.1, 0.15) is 5.82 Å². The quantitative estimate of drug-likeness (QED) is 0.823. The van der Waals surface area contributed by atoms with Crippen molar-refractivity contribution in [1.82, 2.24) is 10.2 Å². The van der Waals surface area contributed by atoms with Crippen LogP contribution in [0.1, 0.15) is 15.9 Å². The number of nitrogens with zero attached hydrogens (tertiary/aromatic N) is 1. The van der Waals surface area contributed by atoms with E-state index in [1.807, 2.05) is 0 Å². The van der Waals surface area contributed by atoms with E-state index in [1.54, 1.807) is 6.07 Å². The Bertz CT molecular complexity index is 496. The average molecular weight is 296 g/mol. The van der Waals surface area contributed by atoms with E-state index in [2.05, 4.69) is 22.0 Å². The van der Waals surface area contributed by atoms with Gasteiger partial charge in [-0.25, -0.2) is 9.18 Å². The molecule has 1 aromatic carbocycles. The maximum atomic E-state index is 13.8. The van der Waals surface area contributed by atoms with Crippen molar-refractivity contribution in [3.05, 3.63) is 35.1 Å². The number of likely N-dealkylation sites (N-methyl/N-ethyl adjacent to an activating group) is 1. The number of ether oxygens (including phenoxy) is 2. The van der Waals surface area contributed by atoms with E-state index < -0.39 is 11.8 Å². The number of nitrogens with one attached hydrogen (secondary N) is 1. The van der Waals surface area contributed by atoms with Crippen LogP contribution in [0.5, 0.6) is 0 Å². The molecule has 1 heterocycles. The molecule has 1 aliphatic heterocycles. The Kier molecular flexibility index (Phi) is 5.67. The van der Waals surface area contributed by atoms with Gasteiger partial charge in [-0.3, -0.25) is 0 Å². The van der Waals surface area contributed by atoms with Gasteiger partial charge in [0.25, 0.3) is 0 Å². The molecule has 0 spiro atoms. The third-order valence-corrected chi connectivity index (χ3v) is 3.48. The van der Waals surface area contributed by atoms with Crippen LogP contribution >= 0.6 is 0 Å². The van der Waals surface area contributed by atoms with Gasteiger partial charge in [-0.2, -0.15) is 0 Å². The van der Waals surface area contributed by atoms with Crippen LogP contribution in [0.2, 0.25) is 0 Å². The van der Waals surface area contributed by atoms with Crippen molar-refractivity contribution in [3.63, 3.8) is 0 Å². The standard InChI is InChI=1S/C15H21FN2O3/c1-18-5-6-21-12(10-18)9-17-8-11-3-4-13(14(16)7-11)15(19)20-2/h3-4,7,12,17H,5-6,8-10H2,1-2H3. The number of halogens is 1. The summed E-state index contributed by atoms with van der Waals surface area (Å²) in [6, 6.07) is 4.52. The van der Waals surface area contributed by atoms with Crippen LogP contribution < -0.4 is 5.32 Å². The minimum Gasteiger partial charge on any atom is -0.465 e. The van der Waals surface area contributed by atoms with E-state index in [1.165, 1.54) is 19.2 Å². The molecule has 1 aliphatic rings. The van der Waals surface area contributed by atoms with Gasteiger partial charge in [0.15, 0.2) is 0 Å². The molecule has 1 saturated heterocycles. The lowest BCUT2D eigenvalue weighted by Crippen LogP contribution is -2.44. The van der Waals surface area contributed by atoms with Crippen molar-refractivity contribution in [2.24, 2.45) is 0 Å². The van der Waals surface area contributed by atoms with Gasteiger partial charge in [-0.1, -0.05) is 6.07 Å². The lowest BCUT2D eigenvalue weighted by molar-refractivity contribution is -0.0182. The van der Waals surface area contributed by atoms with Gasteiger partial charge in [0.2, 0.25) is 0 Å². The number of hydrogen-bond acceptors (Lipinski definition) is 5. The summed E-state index contributed by atoms with van der Waals surface area (Å²) in [5, 5.41) is 3.25. The van der Waals surface area contributed by atoms with Gasteiger partial charge < -0.3 is 19.7 Å². The predicted octanol–water partition coefficient (Wildman–Crippen LogP) is 1.03. The number of esters is 1. The van der Waals surface area contributed by atoms with Gasteiger partial charge in [-0.05, 0) is 24.7 Å². The van der Waals surface area contributed by atoms with Gasteiger partial charge in [0, 0.05) is 26.2 Å². The van der Waals surface area contributed by atoms with E-state index in [4.69, 9.17) is 4.74 Å². The monoisotopic (exact) mass is 296 g/mol. The van der Waals surface area contributed by atoms with E-state index in [0.29, 0.717) is 13.1 Å². The van der Waals surface area contributed by atoms with E-state index in [9.17, 15) is 9.18 Å². The van der Waals surface area contributed by atoms with Crippen molar-refractivity contribution in [1.29, 1.82) is 0 Å². The summed E-state index contributed by atoms with van der Waals surface area (Å²) < 4.78 is 23.9. The van der Waals surface area contributed by atoms with Crippen molar-refractivity contribution >= 4 is 5.97 Å². The summed E-state index contributed by atoms with van der Waals surface area (Å²) >= 11 is 0. The summed E-state index contributed by atoms with van der Waals surface area (Å²) in [5.74, 6) is -1.22. The summed E-state index contributed by atoms with van der Waals surface area (Å²) in [6.07, 6.45) is 0.155. The molecule has 1 atom stereocenters. The van der Waals surface area contributed by atoms with Crippen LogP contribution in [0, 0.1) is 5.82 Å². The van der Waals surface area contributed by atoms with Crippen molar-refractivity contribution in [2.45, 2.75) is 12.6 Å². The van der Waals surface area contributed by atoms with Crippen LogP contribution in [-0.4, -0.2) is 57.4 Å². The Morgan fingerprint density at radius 1 is 1.57 bits per heavy atom. The molecule has 116 valence electrons. The van der Waals surface area contributed by atoms with E-state index in [-0.39, 0.29) is 11.7 Å². The first-order valence-electron chi connectivity index (χ1n) is 6.97. The number of benzene rings is 1. The summed E-state index contributed by atoms with van der Waals surface area (Å²) in [4.78, 5) is 13.5. The highest BCUT2D eigenvalue weighted by Crippen LogP contribution is 2.12. The SMILES string of the molecule is COC(=O)c1ccc(CNCC2CN(C)CCO2)cc1F. The molecule has 0 saturated carbocycles. The lowest BCUT2D eigenvalue weighted by atomic mass is 10.1. The number of rotatable bonds is 5. The molecule has 1 unspecified atom stereocenters. The Morgan fingerprint density at radius 3 is 3.05 bits per heavy atom. The molecule has 5 nitrogen and oxygen atoms in total. The Balaban J connectivity index is 1.83. The van der Waals surface area contributed by atoms with Crippen LogP contribution in [0.15, 0.2) is 18.2 Å². The molecule has 21 heavy (non-hydrogen) atoms. The molecule has 0 radical (unpaired) electrons. The number of carbonyl (C=O) groups is 1. The zero-order valence-corrected chi connectivity index (χ0v) is 12.4. The van der Waals surface area contributed by atoms with Gasteiger partial charge >= 0.3 is 5.97 Å². The summed E-state index contributed by atoms with van der Waals surface area (Å²) in [6.45, 7) is 3.83. The fraction of sp³-hybridized carbons (Fsp3) is 0.533. The second-order valence-electron chi connectivity index (χ2n) is 5.19.